The Morgan fingerprint density at radius 2 is 1.38 bits per heavy atom. The van der Waals surface area contributed by atoms with Crippen molar-refractivity contribution in [3.05, 3.63) is 89.0 Å². The van der Waals surface area contributed by atoms with Crippen LogP contribution in [0.1, 0.15) is 22.3 Å². The third-order valence-corrected chi connectivity index (χ3v) is 4.82. The SMILES string of the molecule is COc1ccc(CCNCc2ccc(OCc3ccc(C)cc3)cc2)cc1OC. The van der Waals surface area contributed by atoms with Crippen molar-refractivity contribution >= 4 is 0 Å². The Labute approximate surface area is 173 Å². The van der Waals surface area contributed by atoms with E-state index in [0.29, 0.717) is 6.61 Å². The van der Waals surface area contributed by atoms with Crippen LogP contribution in [0.2, 0.25) is 0 Å². The number of ether oxygens (including phenoxy) is 3. The fourth-order valence-corrected chi connectivity index (χ4v) is 3.06. The second-order valence-corrected chi connectivity index (χ2v) is 7.03. The molecule has 3 aromatic carbocycles. The van der Waals surface area contributed by atoms with Crippen LogP contribution in [-0.4, -0.2) is 20.8 Å². The number of nitrogens with one attached hydrogen (secondary N) is 1. The summed E-state index contributed by atoms with van der Waals surface area (Å²) >= 11 is 0. The molecular weight excluding hydrogens is 362 g/mol. The predicted octanol–water partition coefficient (Wildman–Crippen LogP) is 4.92. The van der Waals surface area contributed by atoms with E-state index in [2.05, 4.69) is 54.7 Å². The Hall–Kier alpha value is -2.98. The second kappa shape index (κ2) is 10.5. The van der Waals surface area contributed by atoms with Gasteiger partial charge in [0.05, 0.1) is 14.2 Å². The fourth-order valence-electron chi connectivity index (χ4n) is 3.06. The van der Waals surface area contributed by atoms with Gasteiger partial charge in [-0.1, -0.05) is 48.0 Å². The molecule has 0 atom stereocenters. The van der Waals surface area contributed by atoms with E-state index >= 15 is 0 Å². The molecule has 29 heavy (non-hydrogen) atoms. The summed E-state index contributed by atoms with van der Waals surface area (Å²) in [5.41, 5.74) is 4.89. The summed E-state index contributed by atoms with van der Waals surface area (Å²) in [7, 11) is 3.31. The largest absolute Gasteiger partial charge is 0.493 e. The summed E-state index contributed by atoms with van der Waals surface area (Å²) in [6, 6.07) is 22.7. The highest BCUT2D eigenvalue weighted by molar-refractivity contribution is 5.43. The van der Waals surface area contributed by atoms with Gasteiger partial charge >= 0.3 is 0 Å². The summed E-state index contributed by atoms with van der Waals surface area (Å²) in [5, 5.41) is 3.49. The van der Waals surface area contributed by atoms with E-state index in [1.807, 2.05) is 24.3 Å². The zero-order valence-corrected chi connectivity index (χ0v) is 17.4. The van der Waals surface area contributed by atoms with Crippen molar-refractivity contribution in [2.45, 2.75) is 26.5 Å². The summed E-state index contributed by atoms with van der Waals surface area (Å²) in [6.45, 7) is 4.39. The number of hydrogen-bond donors (Lipinski definition) is 1. The van der Waals surface area contributed by atoms with Gasteiger partial charge in [-0.3, -0.25) is 0 Å². The molecule has 4 nitrogen and oxygen atoms in total. The van der Waals surface area contributed by atoms with E-state index in [-0.39, 0.29) is 0 Å². The van der Waals surface area contributed by atoms with Gasteiger partial charge in [-0.2, -0.15) is 0 Å². The third kappa shape index (κ3) is 6.26. The highest BCUT2D eigenvalue weighted by atomic mass is 16.5. The van der Waals surface area contributed by atoms with Crippen molar-refractivity contribution < 1.29 is 14.2 Å². The lowest BCUT2D eigenvalue weighted by Crippen LogP contribution is -2.16. The van der Waals surface area contributed by atoms with Crippen molar-refractivity contribution in [1.82, 2.24) is 5.32 Å². The molecule has 0 saturated heterocycles. The molecule has 0 heterocycles. The first-order chi connectivity index (χ1) is 14.2. The topological polar surface area (TPSA) is 39.7 Å². The summed E-state index contributed by atoms with van der Waals surface area (Å²) < 4.78 is 16.5. The van der Waals surface area contributed by atoms with Gasteiger partial charge in [0, 0.05) is 6.54 Å². The quantitative estimate of drug-likeness (QED) is 0.498. The summed E-state index contributed by atoms with van der Waals surface area (Å²) in [5.74, 6) is 2.42. The van der Waals surface area contributed by atoms with Gasteiger partial charge in [-0.05, 0) is 60.8 Å². The average Bonchev–Trinajstić information content (AvgIpc) is 2.77. The van der Waals surface area contributed by atoms with Gasteiger partial charge in [-0.25, -0.2) is 0 Å². The molecule has 0 aromatic heterocycles. The van der Waals surface area contributed by atoms with Gasteiger partial charge in [0.15, 0.2) is 11.5 Å². The van der Waals surface area contributed by atoms with Crippen LogP contribution >= 0.6 is 0 Å². The summed E-state index contributed by atoms with van der Waals surface area (Å²) in [4.78, 5) is 0. The minimum atomic E-state index is 0.587. The van der Waals surface area contributed by atoms with Gasteiger partial charge in [-0.15, -0.1) is 0 Å². The molecule has 0 aliphatic heterocycles. The van der Waals surface area contributed by atoms with Crippen LogP contribution in [0.15, 0.2) is 66.7 Å². The standard InChI is InChI=1S/C25H29NO3/c1-19-4-6-22(7-5-19)18-29-23-11-8-21(9-12-23)17-26-15-14-20-10-13-24(27-2)25(16-20)28-3/h4-13,16,26H,14-15,17-18H2,1-3H3. The van der Waals surface area contributed by atoms with Crippen molar-refractivity contribution in [2.75, 3.05) is 20.8 Å². The maximum atomic E-state index is 5.87. The van der Waals surface area contributed by atoms with E-state index < -0.39 is 0 Å². The fraction of sp³-hybridized carbons (Fsp3) is 0.280. The van der Waals surface area contributed by atoms with Crippen LogP contribution in [0.4, 0.5) is 0 Å². The van der Waals surface area contributed by atoms with Crippen molar-refractivity contribution in [3.63, 3.8) is 0 Å². The predicted molar refractivity (Wildman–Crippen MR) is 117 cm³/mol. The first-order valence-corrected chi connectivity index (χ1v) is 9.87. The number of methoxy groups -OCH3 is 2. The molecule has 0 unspecified atom stereocenters. The van der Waals surface area contributed by atoms with Crippen LogP contribution in [0.3, 0.4) is 0 Å². The third-order valence-electron chi connectivity index (χ3n) is 4.82. The van der Waals surface area contributed by atoms with Gasteiger partial charge in [0.25, 0.3) is 0 Å². The molecule has 0 saturated carbocycles. The van der Waals surface area contributed by atoms with Crippen LogP contribution in [0.5, 0.6) is 17.2 Å². The molecule has 0 aliphatic rings. The minimum absolute atomic E-state index is 0.587. The molecule has 0 amide bonds. The minimum Gasteiger partial charge on any atom is -0.493 e. The van der Waals surface area contributed by atoms with E-state index in [1.165, 1.54) is 22.3 Å². The molecule has 4 heteroatoms. The first-order valence-electron chi connectivity index (χ1n) is 9.87. The molecule has 0 spiro atoms. The first kappa shape index (κ1) is 20.7. The zero-order valence-electron chi connectivity index (χ0n) is 17.4. The number of benzene rings is 3. The summed E-state index contributed by atoms with van der Waals surface area (Å²) in [6.07, 6.45) is 0.929. The number of hydrogen-bond acceptors (Lipinski definition) is 4. The Balaban J connectivity index is 1.41. The molecule has 0 bridgehead atoms. The van der Waals surface area contributed by atoms with E-state index in [0.717, 1.165) is 36.8 Å². The molecule has 0 radical (unpaired) electrons. The van der Waals surface area contributed by atoms with Gasteiger partial charge in [0.2, 0.25) is 0 Å². The van der Waals surface area contributed by atoms with Crippen LogP contribution in [0, 0.1) is 6.92 Å². The van der Waals surface area contributed by atoms with Crippen molar-refractivity contribution in [1.29, 1.82) is 0 Å². The van der Waals surface area contributed by atoms with E-state index in [9.17, 15) is 0 Å². The molecule has 0 aliphatic carbocycles. The number of rotatable bonds is 10. The molecule has 1 N–H and O–H groups in total. The molecular formula is C25H29NO3. The maximum Gasteiger partial charge on any atom is 0.160 e. The average molecular weight is 392 g/mol. The maximum absolute atomic E-state index is 5.87. The Morgan fingerprint density at radius 3 is 2.07 bits per heavy atom. The highest BCUT2D eigenvalue weighted by Gasteiger charge is 2.04. The van der Waals surface area contributed by atoms with E-state index in [1.54, 1.807) is 14.2 Å². The van der Waals surface area contributed by atoms with Gasteiger partial charge < -0.3 is 19.5 Å². The van der Waals surface area contributed by atoms with Crippen LogP contribution < -0.4 is 19.5 Å². The second-order valence-electron chi connectivity index (χ2n) is 7.03. The molecule has 152 valence electrons. The Kier molecular flexibility index (Phi) is 7.54. The van der Waals surface area contributed by atoms with E-state index in [4.69, 9.17) is 14.2 Å². The zero-order chi connectivity index (χ0) is 20.5. The van der Waals surface area contributed by atoms with Crippen LogP contribution in [0.25, 0.3) is 0 Å². The van der Waals surface area contributed by atoms with Crippen molar-refractivity contribution in [2.24, 2.45) is 0 Å². The Bertz CT molecular complexity index is 889. The molecule has 0 fully saturated rings. The normalized spacial score (nSPS) is 10.6. The smallest absolute Gasteiger partial charge is 0.160 e. The Morgan fingerprint density at radius 1 is 0.724 bits per heavy atom. The number of aryl methyl sites for hydroxylation is 1. The highest BCUT2D eigenvalue weighted by Crippen LogP contribution is 2.27. The van der Waals surface area contributed by atoms with Gasteiger partial charge in [0.1, 0.15) is 12.4 Å². The van der Waals surface area contributed by atoms with Crippen molar-refractivity contribution in [3.8, 4) is 17.2 Å². The molecule has 3 aromatic rings. The lowest BCUT2D eigenvalue weighted by Gasteiger charge is -2.10. The monoisotopic (exact) mass is 391 g/mol. The lowest BCUT2D eigenvalue weighted by atomic mass is 10.1. The molecule has 3 rings (SSSR count). The lowest BCUT2D eigenvalue weighted by molar-refractivity contribution is 0.306. The van der Waals surface area contributed by atoms with Crippen LogP contribution in [-0.2, 0) is 19.6 Å².